The molecular formula is C17H19N3O2. The molecule has 4 rings (SSSR count). The minimum atomic E-state index is 0.115. The summed E-state index contributed by atoms with van der Waals surface area (Å²) in [5.41, 5.74) is 1.64. The molecule has 0 aliphatic carbocycles. The van der Waals surface area contributed by atoms with Crippen LogP contribution in [0, 0.1) is 11.8 Å². The Hall–Kier alpha value is -2.14. The number of likely N-dealkylation sites (tertiary alicyclic amines) is 1. The zero-order valence-electron chi connectivity index (χ0n) is 12.4. The minimum absolute atomic E-state index is 0.115. The third-order valence-corrected chi connectivity index (χ3v) is 4.69. The van der Waals surface area contributed by atoms with Crippen LogP contribution in [-0.2, 0) is 4.74 Å². The monoisotopic (exact) mass is 297 g/mol. The van der Waals surface area contributed by atoms with Crippen molar-refractivity contribution in [3.63, 3.8) is 0 Å². The van der Waals surface area contributed by atoms with E-state index >= 15 is 0 Å². The second-order valence-electron chi connectivity index (χ2n) is 6.09. The van der Waals surface area contributed by atoms with Crippen molar-refractivity contribution in [3.8, 4) is 5.69 Å². The molecule has 1 aromatic carbocycles. The molecule has 1 amide bonds. The molecule has 2 fully saturated rings. The summed E-state index contributed by atoms with van der Waals surface area (Å²) in [5, 5.41) is 4.21. The van der Waals surface area contributed by atoms with Gasteiger partial charge in [-0.25, -0.2) is 4.68 Å². The van der Waals surface area contributed by atoms with Gasteiger partial charge in [0.05, 0.1) is 5.69 Å². The van der Waals surface area contributed by atoms with Crippen LogP contribution in [-0.4, -0.2) is 46.9 Å². The van der Waals surface area contributed by atoms with Crippen molar-refractivity contribution in [2.24, 2.45) is 11.8 Å². The molecule has 1 unspecified atom stereocenters. The van der Waals surface area contributed by atoms with Gasteiger partial charge >= 0.3 is 0 Å². The number of hydrogen-bond donors (Lipinski definition) is 0. The molecule has 22 heavy (non-hydrogen) atoms. The maximum absolute atomic E-state index is 12.6. The zero-order chi connectivity index (χ0) is 14.9. The number of amides is 1. The first-order valence-electron chi connectivity index (χ1n) is 7.78. The van der Waals surface area contributed by atoms with E-state index in [4.69, 9.17) is 4.74 Å². The van der Waals surface area contributed by atoms with E-state index in [1.165, 1.54) is 0 Å². The Kier molecular flexibility index (Phi) is 3.42. The van der Waals surface area contributed by atoms with Gasteiger partial charge in [-0.1, -0.05) is 6.07 Å². The van der Waals surface area contributed by atoms with Crippen LogP contribution in [0.25, 0.3) is 5.69 Å². The predicted octanol–water partition coefficient (Wildman–Crippen LogP) is 1.98. The standard InChI is InChI=1S/C17H19N3O2/c21-17(19-10-15(11-19)14-5-8-22-12-14)13-3-1-4-16(9-13)20-7-2-6-18-20/h1-4,6-7,9,14-15H,5,8,10-12H2. The van der Waals surface area contributed by atoms with Gasteiger partial charge in [-0.2, -0.15) is 5.10 Å². The summed E-state index contributed by atoms with van der Waals surface area (Å²) in [4.78, 5) is 14.5. The third kappa shape index (κ3) is 2.41. The summed E-state index contributed by atoms with van der Waals surface area (Å²) >= 11 is 0. The van der Waals surface area contributed by atoms with Crippen LogP contribution in [0.1, 0.15) is 16.8 Å². The van der Waals surface area contributed by atoms with Crippen molar-refractivity contribution in [2.45, 2.75) is 6.42 Å². The van der Waals surface area contributed by atoms with E-state index < -0.39 is 0 Å². The molecule has 2 aliphatic heterocycles. The average molecular weight is 297 g/mol. The summed E-state index contributed by atoms with van der Waals surface area (Å²) in [6, 6.07) is 9.52. The van der Waals surface area contributed by atoms with Gasteiger partial charge in [-0.05, 0) is 42.5 Å². The third-order valence-electron chi connectivity index (χ3n) is 4.69. The number of carbonyl (C=O) groups excluding carboxylic acids is 1. The van der Waals surface area contributed by atoms with Crippen molar-refractivity contribution in [1.29, 1.82) is 0 Å². The van der Waals surface area contributed by atoms with Gasteiger partial charge in [0.15, 0.2) is 0 Å². The molecule has 5 nitrogen and oxygen atoms in total. The average Bonchev–Trinajstić information content (AvgIpc) is 3.19. The van der Waals surface area contributed by atoms with E-state index in [1.807, 2.05) is 41.4 Å². The molecule has 0 spiro atoms. The van der Waals surface area contributed by atoms with Crippen molar-refractivity contribution in [3.05, 3.63) is 48.3 Å². The van der Waals surface area contributed by atoms with Gasteiger partial charge < -0.3 is 9.64 Å². The Balaban J connectivity index is 1.44. The van der Waals surface area contributed by atoms with E-state index in [2.05, 4.69) is 5.10 Å². The fourth-order valence-corrected chi connectivity index (χ4v) is 3.29. The molecule has 114 valence electrons. The van der Waals surface area contributed by atoms with Crippen LogP contribution < -0.4 is 0 Å². The highest BCUT2D eigenvalue weighted by molar-refractivity contribution is 5.95. The smallest absolute Gasteiger partial charge is 0.253 e. The molecule has 3 heterocycles. The maximum Gasteiger partial charge on any atom is 0.253 e. The molecule has 1 atom stereocenters. The highest BCUT2D eigenvalue weighted by Crippen LogP contribution is 2.30. The molecule has 2 aromatic rings. The number of aromatic nitrogens is 2. The summed E-state index contributed by atoms with van der Waals surface area (Å²) in [7, 11) is 0. The summed E-state index contributed by atoms with van der Waals surface area (Å²) in [6.45, 7) is 3.46. The molecule has 2 aliphatic rings. The van der Waals surface area contributed by atoms with Gasteiger partial charge in [0, 0.05) is 44.3 Å². The Bertz CT molecular complexity index is 656. The topological polar surface area (TPSA) is 47.4 Å². The number of hydrogen-bond acceptors (Lipinski definition) is 3. The lowest BCUT2D eigenvalue weighted by atomic mass is 9.85. The number of nitrogens with zero attached hydrogens (tertiary/aromatic N) is 3. The molecule has 0 N–H and O–H groups in total. The number of ether oxygens (including phenoxy) is 1. The van der Waals surface area contributed by atoms with E-state index in [9.17, 15) is 4.79 Å². The van der Waals surface area contributed by atoms with Gasteiger partial charge in [-0.15, -0.1) is 0 Å². The van der Waals surface area contributed by atoms with Crippen LogP contribution in [0.15, 0.2) is 42.7 Å². The number of benzene rings is 1. The van der Waals surface area contributed by atoms with Crippen molar-refractivity contribution < 1.29 is 9.53 Å². The predicted molar refractivity (Wildman–Crippen MR) is 81.9 cm³/mol. The first kappa shape index (κ1) is 13.5. The van der Waals surface area contributed by atoms with Crippen molar-refractivity contribution in [1.82, 2.24) is 14.7 Å². The normalized spacial score (nSPS) is 21.8. The second kappa shape index (κ2) is 5.57. The van der Waals surface area contributed by atoms with Gasteiger partial charge in [0.1, 0.15) is 0 Å². The SMILES string of the molecule is O=C(c1cccc(-n2cccn2)c1)N1CC(C2CCOC2)C1. The molecule has 1 aromatic heterocycles. The van der Waals surface area contributed by atoms with E-state index in [1.54, 1.807) is 10.9 Å². The lowest BCUT2D eigenvalue weighted by Gasteiger charge is -2.42. The Morgan fingerprint density at radius 2 is 2.14 bits per heavy atom. The molecule has 0 bridgehead atoms. The molecule has 5 heteroatoms. The zero-order valence-corrected chi connectivity index (χ0v) is 12.4. The second-order valence-corrected chi connectivity index (χ2v) is 6.09. The van der Waals surface area contributed by atoms with Crippen molar-refractivity contribution in [2.75, 3.05) is 26.3 Å². The lowest BCUT2D eigenvalue weighted by molar-refractivity contribution is 0.0342. The van der Waals surface area contributed by atoms with E-state index in [0.29, 0.717) is 11.8 Å². The quantitative estimate of drug-likeness (QED) is 0.870. The van der Waals surface area contributed by atoms with Crippen LogP contribution in [0.3, 0.4) is 0 Å². The minimum Gasteiger partial charge on any atom is -0.381 e. The van der Waals surface area contributed by atoms with E-state index in [-0.39, 0.29) is 5.91 Å². The van der Waals surface area contributed by atoms with Crippen LogP contribution in [0.5, 0.6) is 0 Å². The number of rotatable bonds is 3. The van der Waals surface area contributed by atoms with Gasteiger partial charge in [-0.3, -0.25) is 4.79 Å². The molecule has 0 radical (unpaired) electrons. The number of carbonyl (C=O) groups is 1. The Morgan fingerprint density at radius 1 is 1.23 bits per heavy atom. The first-order chi connectivity index (χ1) is 10.8. The van der Waals surface area contributed by atoms with Crippen LogP contribution in [0.4, 0.5) is 0 Å². The van der Waals surface area contributed by atoms with Crippen LogP contribution >= 0.6 is 0 Å². The summed E-state index contributed by atoms with van der Waals surface area (Å²) in [6.07, 6.45) is 4.75. The molecule has 0 saturated carbocycles. The van der Waals surface area contributed by atoms with E-state index in [0.717, 1.165) is 44.0 Å². The summed E-state index contributed by atoms with van der Waals surface area (Å²) in [5.74, 6) is 1.37. The summed E-state index contributed by atoms with van der Waals surface area (Å²) < 4.78 is 7.21. The highest BCUT2D eigenvalue weighted by atomic mass is 16.5. The fraction of sp³-hybridized carbons (Fsp3) is 0.412. The first-order valence-corrected chi connectivity index (χ1v) is 7.78. The Labute approximate surface area is 129 Å². The fourth-order valence-electron chi connectivity index (χ4n) is 3.29. The largest absolute Gasteiger partial charge is 0.381 e. The maximum atomic E-state index is 12.6. The molecular weight excluding hydrogens is 278 g/mol. The van der Waals surface area contributed by atoms with Crippen LogP contribution in [0.2, 0.25) is 0 Å². The van der Waals surface area contributed by atoms with Crippen molar-refractivity contribution >= 4 is 5.91 Å². The highest BCUT2D eigenvalue weighted by Gasteiger charge is 2.37. The lowest BCUT2D eigenvalue weighted by Crippen LogP contribution is -2.52. The van der Waals surface area contributed by atoms with Gasteiger partial charge in [0.2, 0.25) is 0 Å². The molecule has 2 saturated heterocycles. The Morgan fingerprint density at radius 3 is 2.86 bits per heavy atom. The van der Waals surface area contributed by atoms with Gasteiger partial charge in [0.25, 0.3) is 5.91 Å².